The van der Waals surface area contributed by atoms with Crippen molar-refractivity contribution in [1.82, 2.24) is 19.2 Å². The Balaban J connectivity index is 1.49. The van der Waals surface area contributed by atoms with E-state index in [9.17, 15) is 0 Å². The zero-order valence-corrected chi connectivity index (χ0v) is 17.1. The Hall–Kier alpha value is -2.64. The molecule has 3 aromatic rings. The summed E-state index contributed by atoms with van der Waals surface area (Å²) in [5, 5.41) is 4.73. The van der Waals surface area contributed by atoms with E-state index in [4.69, 9.17) is 26.8 Å². The first-order valence-electron chi connectivity index (χ1n) is 9.27. The summed E-state index contributed by atoms with van der Waals surface area (Å²) in [6, 6.07) is 16.2. The van der Waals surface area contributed by atoms with Gasteiger partial charge in [0.2, 0.25) is 0 Å². The van der Waals surface area contributed by atoms with Crippen molar-refractivity contribution < 1.29 is 9.47 Å². The Bertz CT molecular complexity index is 1030. The molecule has 1 aliphatic heterocycles. The minimum absolute atomic E-state index is 0.287. The average molecular weight is 397 g/mol. The summed E-state index contributed by atoms with van der Waals surface area (Å²) in [7, 11) is 3.98. The first kappa shape index (κ1) is 18.7. The van der Waals surface area contributed by atoms with E-state index in [0.29, 0.717) is 18.0 Å². The SMILES string of the molecule is Cc1ccc(CN(C)Cn2nc(C3COc4ccccc4O3)n(C)c2=S)cc1. The maximum Gasteiger partial charge on any atom is 0.198 e. The number of nitrogens with zero attached hydrogens (tertiary/aromatic N) is 4. The Labute approximate surface area is 169 Å². The van der Waals surface area contributed by atoms with E-state index in [2.05, 4.69) is 43.1 Å². The topological polar surface area (TPSA) is 44.5 Å². The van der Waals surface area contributed by atoms with Crippen LogP contribution in [0.4, 0.5) is 0 Å². The first-order valence-corrected chi connectivity index (χ1v) is 9.68. The van der Waals surface area contributed by atoms with Gasteiger partial charge in [-0.25, -0.2) is 4.68 Å². The number of hydrogen-bond acceptors (Lipinski definition) is 5. The monoisotopic (exact) mass is 396 g/mol. The van der Waals surface area contributed by atoms with Crippen LogP contribution in [0.15, 0.2) is 48.5 Å². The van der Waals surface area contributed by atoms with E-state index in [-0.39, 0.29) is 6.10 Å². The number of benzene rings is 2. The molecular formula is C21H24N4O2S. The van der Waals surface area contributed by atoms with Crippen molar-refractivity contribution >= 4 is 12.2 Å². The molecule has 0 spiro atoms. The van der Waals surface area contributed by atoms with Crippen LogP contribution in [0.3, 0.4) is 0 Å². The average Bonchev–Trinajstić information content (AvgIpc) is 2.98. The molecule has 1 aliphatic rings. The van der Waals surface area contributed by atoms with Crippen molar-refractivity contribution in [3.8, 4) is 11.5 Å². The third kappa shape index (κ3) is 3.81. The molecule has 2 heterocycles. The van der Waals surface area contributed by atoms with Crippen LogP contribution in [0.1, 0.15) is 23.1 Å². The Morgan fingerprint density at radius 1 is 1.14 bits per heavy atom. The first-order chi connectivity index (χ1) is 13.5. The highest BCUT2D eigenvalue weighted by Crippen LogP contribution is 2.35. The van der Waals surface area contributed by atoms with Crippen LogP contribution in [-0.2, 0) is 20.3 Å². The molecular weight excluding hydrogens is 372 g/mol. The molecule has 2 aromatic carbocycles. The van der Waals surface area contributed by atoms with Gasteiger partial charge in [0, 0.05) is 13.6 Å². The molecule has 0 amide bonds. The molecule has 0 aliphatic carbocycles. The highest BCUT2D eigenvalue weighted by atomic mass is 32.1. The number of fused-ring (bicyclic) bond motifs is 1. The molecule has 1 aromatic heterocycles. The Morgan fingerprint density at radius 2 is 1.86 bits per heavy atom. The molecule has 146 valence electrons. The van der Waals surface area contributed by atoms with E-state index in [1.54, 1.807) is 0 Å². The van der Waals surface area contributed by atoms with Crippen molar-refractivity contribution in [1.29, 1.82) is 0 Å². The van der Waals surface area contributed by atoms with Gasteiger partial charge in [-0.3, -0.25) is 4.90 Å². The summed E-state index contributed by atoms with van der Waals surface area (Å²) in [5.74, 6) is 2.26. The molecule has 28 heavy (non-hydrogen) atoms. The number of rotatable bonds is 5. The third-order valence-electron chi connectivity index (χ3n) is 4.82. The van der Waals surface area contributed by atoms with Crippen molar-refractivity contribution in [2.24, 2.45) is 7.05 Å². The molecule has 1 atom stereocenters. The van der Waals surface area contributed by atoms with Gasteiger partial charge in [-0.15, -0.1) is 0 Å². The summed E-state index contributed by atoms with van der Waals surface area (Å²) in [6.45, 7) is 3.93. The van der Waals surface area contributed by atoms with Crippen molar-refractivity contribution in [2.75, 3.05) is 13.7 Å². The van der Waals surface area contributed by atoms with Crippen molar-refractivity contribution in [2.45, 2.75) is 26.2 Å². The lowest BCUT2D eigenvalue weighted by Crippen LogP contribution is -2.25. The van der Waals surface area contributed by atoms with E-state index >= 15 is 0 Å². The van der Waals surface area contributed by atoms with Gasteiger partial charge in [-0.2, -0.15) is 5.10 Å². The third-order valence-corrected chi connectivity index (χ3v) is 5.30. The lowest BCUT2D eigenvalue weighted by molar-refractivity contribution is 0.0821. The molecule has 0 saturated carbocycles. The van der Waals surface area contributed by atoms with Crippen LogP contribution in [0.2, 0.25) is 0 Å². The Morgan fingerprint density at radius 3 is 2.61 bits per heavy atom. The van der Waals surface area contributed by atoms with E-state index in [1.165, 1.54) is 11.1 Å². The second kappa shape index (κ2) is 7.77. The fourth-order valence-electron chi connectivity index (χ4n) is 3.31. The smallest absolute Gasteiger partial charge is 0.198 e. The Kier molecular flexibility index (Phi) is 5.19. The van der Waals surface area contributed by atoms with Gasteiger partial charge in [-0.1, -0.05) is 42.0 Å². The normalized spacial score (nSPS) is 15.8. The number of aromatic nitrogens is 3. The second-order valence-corrected chi connectivity index (χ2v) is 7.57. The summed E-state index contributed by atoms with van der Waals surface area (Å²) in [4.78, 5) is 2.19. The van der Waals surface area contributed by atoms with Crippen LogP contribution in [0, 0.1) is 11.7 Å². The predicted octanol–water partition coefficient (Wildman–Crippen LogP) is 3.86. The van der Waals surface area contributed by atoms with Gasteiger partial charge in [0.25, 0.3) is 0 Å². The quantitative estimate of drug-likeness (QED) is 0.613. The van der Waals surface area contributed by atoms with Crippen LogP contribution < -0.4 is 9.47 Å². The number of hydrogen-bond donors (Lipinski definition) is 0. The van der Waals surface area contributed by atoms with Crippen LogP contribution in [-0.4, -0.2) is 32.9 Å². The summed E-state index contributed by atoms with van der Waals surface area (Å²) in [5.41, 5.74) is 2.52. The predicted molar refractivity (Wildman–Crippen MR) is 110 cm³/mol. The largest absolute Gasteiger partial charge is 0.485 e. The van der Waals surface area contributed by atoms with Gasteiger partial charge >= 0.3 is 0 Å². The maximum absolute atomic E-state index is 6.10. The summed E-state index contributed by atoms with van der Waals surface area (Å²) in [6.07, 6.45) is -0.287. The van der Waals surface area contributed by atoms with Crippen molar-refractivity contribution in [3.63, 3.8) is 0 Å². The minimum Gasteiger partial charge on any atom is -0.485 e. The van der Waals surface area contributed by atoms with Crippen LogP contribution in [0.5, 0.6) is 11.5 Å². The van der Waals surface area contributed by atoms with E-state index in [0.717, 1.165) is 23.9 Å². The zero-order valence-electron chi connectivity index (χ0n) is 16.3. The highest BCUT2D eigenvalue weighted by molar-refractivity contribution is 7.71. The zero-order chi connectivity index (χ0) is 19.7. The molecule has 0 radical (unpaired) electrons. The fraction of sp³-hybridized carbons (Fsp3) is 0.333. The van der Waals surface area contributed by atoms with Gasteiger partial charge in [0.15, 0.2) is 28.2 Å². The molecule has 6 nitrogen and oxygen atoms in total. The molecule has 0 fully saturated rings. The molecule has 4 rings (SSSR count). The number of para-hydroxylation sites is 2. The molecule has 0 bridgehead atoms. The lowest BCUT2D eigenvalue weighted by atomic mass is 10.1. The van der Waals surface area contributed by atoms with E-state index < -0.39 is 0 Å². The number of ether oxygens (including phenoxy) is 2. The minimum atomic E-state index is -0.287. The maximum atomic E-state index is 6.10. The summed E-state index contributed by atoms with van der Waals surface area (Å²) < 4.78 is 16.3. The van der Waals surface area contributed by atoms with Crippen LogP contribution in [0.25, 0.3) is 0 Å². The lowest BCUT2D eigenvalue weighted by Gasteiger charge is -2.25. The standard InChI is InChI=1S/C21H24N4O2S/c1-15-8-10-16(11-9-15)12-23(2)14-25-21(28)24(3)20(22-25)19-13-26-17-6-4-5-7-18(17)27-19/h4-11,19H,12-14H2,1-3H3. The van der Waals surface area contributed by atoms with Crippen LogP contribution >= 0.6 is 12.2 Å². The molecule has 0 saturated heterocycles. The number of aryl methyl sites for hydroxylation is 1. The van der Waals surface area contributed by atoms with Gasteiger partial charge in [-0.05, 0) is 43.9 Å². The van der Waals surface area contributed by atoms with Crippen molar-refractivity contribution in [3.05, 3.63) is 70.3 Å². The summed E-state index contributed by atoms with van der Waals surface area (Å²) >= 11 is 5.60. The second-order valence-electron chi connectivity index (χ2n) is 7.20. The highest BCUT2D eigenvalue weighted by Gasteiger charge is 2.27. The van der Waals surface area contributed by atoms with E-state index in [1.807, 2.05) is 40.6 Å². The molecule has 1 unspecified atom stereocenters. The van der Waals surface area contributed by atoms with Gasteiger partial charge < -0.3 is 14.0 Å². The molecule has 0 N–H and O–H groups in total. The molecule has 7 heteroatoms. The fourth-order valence-corrected chi connectivity index (χ4v) is 3.50. The van der Waals surface area contributed by atoms with Gasteiger partial charge in [0.1, 0.15) is 6.61 Å². The van der Waals surface area contributed by atoms with Gasteiger partial charge in [0.05, 0.1) is 6.67 Å².